The van der Waals surface area contributed by atoms with Gasteiger partial charge in [0.2, 0.25) is 0 Å². The van der Waals surface area contributed by atoms with Gasteiger partial charge in [-0.3, -0.25) is 6.08 Å². The van der Waals surface area contributed by atoms with Crippen molar-refractivity contribution < 1.29 is 46.5 Å². The Balaban J connectivity index is 0. The van der Waals surface area contributed by atoms with Crippen LogP contribution in [0.4, 0.5) is 0 Å². The smallest absolute Gasteiger partial charge is 1.00 e. The fourth-order valence-corrected chi connectivity index (χ4v) is 8.49. The molecule has 170 valence electrons. The van der Waals surface area contributed by atoms with Crippen LogP contribution in [0.1, 0.15) is 74.7 Å². The third-order valence-electron chi connectivity index (χ3n) is 5.18. The van der Waals surface area contributed by atoms with Gasteiger partial charge < -0.3 is 24.8 Å². The molecule has 1 unspecified atom stereocenters. The quantitative estimate of drug-likeness (QED) is 0.335. The second-order valence-electron chi connectivity index (χ2n) is 9.95. The first-order valence-electron chi connectivity index (χ1n) is 10.8. The minimum Gasteiger partial charge on any atom is -1.00 e. The molecule has 0 N–H and O–H groups in total. The molecular weight excluding hydrogens is 474 g/mol. The summed E-state index contributed by atoms with van der Waals surface area (Å²) in [5.41, 5.74) is 1.42. The molecule has 31 heavy (non-hydrogen) atoms. The fourth-order valence-electron chi connectivity index (χ4n) is 4.39. The molecule has 1 aliphatic rings. The summed E-state index contributed by atoms with van der Waals surface area (Å²) in [5, 5.41) is 5.00. The molecule has 0 saturated carbocycles. The summed E-state index contributed by atoms with van der Waals surface area (Å²) in [5.74, 6) is 0.726. The van der Waals surface area contributed by atoms with E-state index in [9.17, 15) is 0 Å². The first kappa shape index (κ1) is 33.2. The maximum atomic E-state index is 3.35. The molecule has 0 radical (unpaired) electrons. The molecule has 4 heteroatoms. The molecule has 1 aliphatic carbocycles. The van der Waals surface area contributed by atoms with Gasteiger partial charge in [-0.1, -0.05) is 81.7 Å². The number of hydrogen-bond donors (Lipinski definition) is 0. The van der Waals surface area contributed by atoms with Crippen LogP contribution in [0.25, 0.3) is 10.8 Å². The van der Waals surface area contributed by atoms with Crippen molar-refractivity contribution >= 4 is 24.0 Å². The van der Waals surface area contributed by atoms with Crippen molar-refractivity contribution in [1.82, 2.24) is 0 Å². The van der Waals surface area contributed by atoms with Crippen LogP contribution < -0.4 is 30.1 Å². The fraction of sp³-hybridized carbons (Fsp3) is 0.519. The van der Waals surface area contributed by atoms with E-state index in [1.54, 1.807) is 5.30 Å². The zero-order valence-electron chi connectivity index (χ0n) is 20.5. The zero-order chi connectivity index (χ0) is 20.9. The van der Waals surface area contributed by atoms with E-state index in [4.69, 9.17) is 0 Å². The van der Waals surface area contributed by atoms with Crippen molar-refractivity contribution in [3.63, 3.8) is 0 Å². The average Bonchev–Trinajstić information content (AvgIpc) is 3.22. The number of halogens is 2. The molecule has 0 amide bonds. The van der Waals surface area contributed by atoms with Crippen LogP contribution in [0.5, 0.6) is 0 Å². The number of benzene rings is 1. The SMILES string of the molecule is CC(C)(C)P(c1cc2ccccc2[cH-]1)C(C)(C)C.CCCC(C)C1=[C-]CC=C1.[Cl-].[Cl-].[Ti+4]. The van der Waals surface area contributed by atoms with Gasteiger partial charge in [0, 0.05) is 0 Å². The number of hydrogen-bond acceptors (Lipinski definition) is 0. The molecule has 0 aromatic heterocycles. The first-order chi connectivity index (χ1) is 13.0. The van der Waals surface area contributed by atoms with Crippen LogP contribution in [0, 0.1) is 12.0 Å². The Kier molecular flexibility index (Phi) is 15.4. The van der Waals surface area contributed by atoms with E-state index in [2.05, 4.69) is 110 Å². The van der Waals surface area contributed by atoms with E-state index in [1.807, 2.05) is 0 Å². The van der Waals surface area contributed by atoms with Gasteiger partial charge in [0.1, 0.15) is 0 Å². The van der Waals surface area contributed by atoms with Gasteiger partial charge in [-0.2, -0.15) is 12.1 Å². The molecule has 2 aromatic rings. The molecule has 0 nitrogen and oxygen atoms in total. The summed E-state index contributed by atoms with van der Waals surface area (Å²) in [4.78, 5) is 0. The summed E-state index contributed by atoms with van der Waals surface area (Å²) in [6, 6.07) is 13.5. The van der Waals surface area contributed by atoms with Gasteiger partial charge in [-0.15, -0.1) is 46.8 Å². The molecule has 0 aliphatic heterocycles. The maximum absolute atomic E-state index is 3.35. The van der Waals surface area contributed by atoms with Gasteiger partial charge in [0.05, 0.1) is 0 Å². The number of rotatable bonds is 4. The Morgan fingerprint density at radius 1 is 1.03 bits per heavy atom. The third-order valence-corrected chi connectivity index (χ3v) is 8.63. The van der Waals surface area contributed by atoms with Gasteiger partial charge in [0.15, 0.2) is 0 Å². The van der Waals surface area contributed by atoms with E-state index >= 15 is 0 Å². The van der Waals surface area contributed by atoms with E-state index in [0.29, 0.717) is 10.3 Å². The van der Waals surface area contributed by atoms with Crippen molar-refractivity contribution in [2.24, 2.45) is 5.92 Å². The predicted molar refractivity (Wildman–Crippen MR) is 130 cm³/mol. The summed E-state index contributed by atoms with van der Waals surface area (Å²) in [7, 11) is -0.185. The Hall–Kier alpha value is 0.0343. The minimum atomic E-state index is -0.185. The van der Waals surface area contributed by atoms with Gasteiger partial charge in [0.25, 0.3) is 0 Å². The average molecular weight is 513 g/mol. The second kappa shape index (κ2) is 14.3. The van der Waals surface area contributed by atoms with E-state index in [1.165, 1.54) is 29.2 Å². The van der Waals surface area contributed by atoms with Crippen molar-refractivity contribution in [3.05, 3.63) is 60.2 Å². The van der Waals surface area contributed by atoms with Crippen molar-refractivity contribution in [2.45, 2.75) is 85.0 Å². The summed E-state index contributed by atoms with van der Waals surface area (Å²) >= 11 is 0. The van der Waals surface area contributed by atoms with Crippen LogP contribution >= 0.6 is 7.92 Å². The molecule has 0 bridgehead atoms. The van der Waals surface area contributed by atoms with Crippen LogP contribution in [0.3, 0.4) is 0 Å². The number of allylic oxidation sites excluding steroid dienone is 4. The van der Waals surface area contributed by atoms with Crippen LogP contribution in [-0.4, -0.2) is 10.3 Å². The summed E-state index contributed by atoms with van der Waals surface area (Å²) in [6.07, 6.45) is 11.3. The normalized spacial score (nSPS) is 14.0. The molecule has 0 spiro atoms. The molecule has 0 heterocycles. The molecule has 2 aromatic carbocycles. The van der Waals surface area contributed by atoms with Gasteiger partial charge >= 0.3 is 21.7 Å². The van der Waals surface area contributed by atoms with Crippen LogP contribution in [0.2, 0.25) is 0 Å². The molecule has 0 saturated heterocycles. The minimum absolute atomic E-state index is 0. The first-order valence-corrected chi connectivity index (χ1v) is 12.1. The maximum Gasteiger partial charge on any atom is 4.00 e. The molecule has 3 rings (SSSR count). The summed E-state index contributed by atoms with van der Waals surface area (Å²) in [6.45, 7) is 18.8. The topological polar surface area (TPSA) is 0 Å². The van der Waals surface area contributed by atoms with Crippen molar-refractivity contribution in [3.8, 4) is 0 Å². The third kappa shape index (κ3) is 9.82. The van der Waals surface area contributed by atoms with Crippen molar-refractivity contribution in [2.75, 3.05) is 0 Å². The van der Waals surface area contributed by atoms with Gasteiger partial charge in [-0.05, 0) is 16.7 Å². The molecule has 1 atom stereocenters. The Labute approximate surface area is 220 Å². The zero-order valence-corrected chi connectivity index (χ0v) is 24.5. The second-order valence-corrected chi connectivity index (χ2v) is 13.8. The Bertz CT molecular complexity index is 775. The summed E-state index contributed by atoms with van der Waals surface area (Å²) < 4.78 is 0. The molecular formula is C27H39Cl2PTi. The van der Waals surface area contributed by atoms with Crippen LogP contribution in [-0.2, 0) is 21.7 Å². The predicted octanol–water partition coefficient (Wildman–Crippen LogP) is 2.38. The van der Waals surface area contributed by atoms with Crippen LogP contribution in [0.15, 0.2) is 54.1 Å². The Morgan fingerprint density at radius 3 is 2.06 bits per heavy atom. The standard InChI is InChI=1S/C17H24P.C10H15.2ClH.Ti/c1-16(2,3)18(17(4,5)6)15-11-13-9-7-8-10-14(13)12-15;1-3-6-9(2)10-7-4-5-8-10;;;/h7-12H,1-6H3;4,7,9H,3,5-6H2,1-2H3;2*1H;/q2*-1;;;+4/p-2. The Morgan fingerprint density at radius 2 is 1.61 bits per heavy atom. The van der Waals surface area contributed by atoms with Gasteiger partial charge in [-0.25, -0.2) is 11.6 Å². The van der Waals surface area contributed by atoms with E-state index in [0.717, 1.165) is 12.3 Å². The molecule has 0 fully saturated rings. The monoisotopic (exact) mass is 512 g/mol. The van der Waals surface area contributed by atoms with Crippen molar-refractivity contribution in [1.29, 1.82) is 0 Å². The largest absolute Gasteiger partial charge is 4.00 e. The van der Waals surface area contributed by atoms with E-state index in [-0.39, 0.29) is 54.5 Å². The number of fused-ring (bicyclic) bond motifs is 1. The van der Waals surface area contributed by atoms with E-state index < -0.39 is 0 Å².